The van der Waals surface area contributed by atoms with Crippen molar-refractivity contribution >= 4 is 29.6 Å². The first-order valence-electron chi connectivity index (χ1n) is 19.6. The molecule has 3 fully saturated rings. The lowest BCUT2D eigenvalue weighted by Crippen LogP contribution is -2.81. The Kier molecular flexibility index (Phi) is 10.9. The zero-order valence-corrected chi connectivity index (χ0v) is 33.4. The summed E-state index contributed by atoms with van der Waals surface area (Å²) in [6.07, 6.45) is -10.5. The summed E-state index contributed by atoms with van der Waals surface area (Å²) in [5, 5.41) is 51.9. The Hall–Kier alpha value is -5.25. The van der Waals surface area contributed by atoms with Gasteiger partial charge in [-0.3, -0.25) is 14.4 Å². The number of rotatable bonds is 9. The number of ether oxygens (including phenoxy) is 4. The highest BCUT2D eigenvalue weighted by Crippen LogP contribution is 2.64. The summed E-state index contributed by atoms with van der Waals surface area (Å²) >= 11 is 0. The van der Waals surface area contributed by atoms with Crippen LogP contribution in [0.5, 0.6) is 0 Å². The summed E-state index contributed by atoms with van der Waals surface area (Å²) in [5.74, 6) is -5.89. The van der Waals surface area contributed by atoms with Gasteiger partial charge in [0.15, 0.2) is 17.5 Å². The highest BCUT2D eigenvalue weighted by atomic mass is 16.6. The van der Waals surface area contributed by atoms with Crippen LogP contribution in [0.15, 0.2) is 102 Å². The third kappa shape index (κ3) is 6.76. The van der Waals surface area contributed by atoms with Gasteiger partial charge in [-0.1, -0.05) is 80.6 Å². The van der Waals surface area contributed by atoms with Gasteiger partial charge in [-0.25, -0.2) is 9.59 Å². The molecule has 1 amide bonds. The number of ketones is 1. The van der Waals surface area contributed by atoms with E-state index in [4.69, 9.17) is 18.9 Å². The average Bonchev–Trinajstić information content (AvgIpc) is 3.21. The van der Waals surface area contributed by atoms with Crippen molar-refractivity contribution in [2.45, 2.75) is 101 Å². The van der Waals surface area contributed by atoms with Crippen LogP contribution in [0.1, 0.15) is 79.8 Å². The first-order chi connectivity index (χ1) is 27.9. The molecule has 14 nitrogen and oxygen atoms in total. The molecule has 7 rings (SSSR count). The van der Waals surface area contributed by atoms with E-state index in [1.54, 1.807) is 92.7 Å². The van der Waals surface area contributed by atoms with E-state index in [-0.39, 0.29) is 35.3 Å². The molecule has 0 radical (unpaired) electrons. The van der Waals surface area contributed by atoms with Gasteiger partial charge in [-0.2, -0.15) is 0 Å². The summed E-state index contributed by atoms with van der Waals surface area (Å²) < 4.78 is 24.2. The lowest BCUT2D eigenvalue weighted by atomic mass is 9.44. The van der Waals surface area contributed by atoms with Crippen LogP contribution < -0.4 is 5.32 Å². The van der Waals surface area contributed by atoms with Gasteiger partial charge in [0.1, 0.15) is 30.0 Å². The predicted molar refractivity (Wildman–Crippen MR) is 208 cm³/mol. The second kappa shape index (κ2) is 15.4. The van der Waals surface area contributed by atoms with Gasteiger partial charge in [0.25, 0.3) is 5.91 Å². The van der Waals surface area contributed by atoms with Gasteiger partial charge in [0.05, 0.1) is 35.6 Å². The molecule has 1 aliphatic heterocycles. The second-order valence-electron chi connectivity index (χ2n) is 16.8. The molecule has 2 bridgehead atoms. The van der Waals surface area contributed by atoms with E-state index in [1.807, 2.05) is 0 Å². The van der Waals surface area contributed by atoms with Crippen molar-refractivity contribution in [2.24, 2.45) is 16.7 Å². The zero-order valence-electron chi connectivity index (χ0n) is 33.4. The highest BCUT2D eigenvalue weighted by Gasteiger charge is 2.78. The number of aliphatic hydroxyl groups excluding tert-OH is 3. The van der Waals surface area contributed by atoms with Gasteiger partial charge >= 0.3 is 17.9 Å². The Labute approximate surface area is 341 Å². The molecule has 1 heterocycles. The maximum absolute atomic E-state index is 15.0. The first kappa shape index (κ1) is 41.9. The molecule has 3 aromatic rings. The Morgan fingerprint density at radius 3 is 2.00 bits per heavy atom. The van der Waals surface area contributed by atoms with Crippen molar-refractivity contribution in [3.8, 4) is 0 Å². The number of esters is 3. The van der Waals surface area contributed by atoms with Crippen LogP contribution >= 0.6 is 0 Å². The smallest absolute Gasteiger partial charge is 0.338 e. The number of aliphatic hydroxyl groups is 4. The van der Waals surface area contributed by atoms with E-state index in [9.17, 15) is 44.4 Å². The number of hydrogen-bond donors (Lipinski definition) is 5. The molecule has 11 atom stereocenters. The molecule has 14 heteroatoms. The number of Topliss-reactive ketones (excluding diaryl/α,β-unsaturated/α-hetero) is 1. The molecule has 5 N–H and O–H groups in total. The Morgan fingerprint density at radius 1 is 0.864 bits per heavy atom. The maximum Gasteiger partial charge on any atom is 0.338 e. The van der Waals surface area contributed by atoms with E-state index >= 15 is 0 Å². The molecule has 3 unspecified atom stereocenters. The summed E-state index contributed by atoms with van der Waals surface area (Å²) in [4.78, 5) is 69.5. The summed E-state index contributed by atoms with van der Waals surface area (Å²) in [5.41, 5.74) is -6.86. The zero-order chi connectivity index (χ0) is 42.7. The van der Waals surface area contributed by atoms with Crippen LogP contribution in [0, 0.1) is 16.7 Å². The fourth-order valence-electron chi connectivity index (χ4n) is 9.94. The minimum atomic E-state index is -2.35. The number of hydrogen-bond acceptors (Lipinski definition) is 13. The maximum atomic E-state index is 15.0. The van der Waals surface area contributed by atoms with Crippen molar-refractivity contribution < 1.29 is 63.3 Å². The number of amides is 1. The van der Waals surface area contributed by atoms with Crippen molar-refractivity contribution in [2.75, 3.05) is 6.61 Å². The Balaban J connectivity index is 1.34. The molecule has 1 saturated heterocycles. The predicted octanol–water partition coefficient (Wildman–Crippen LogP) is 3.16. The van der Waals surface area contributed by atoms with Crippen LogP contribution in [-0.4, -0.2) is 104 Å². The molecule has 0 aromatic heterocycles. The minimum Gasteiger partial charge on any atom is -0.456 e. The van der Waals surface area contributed by atoms with Crippen LogP contribution in [0.3, 0.4) is 0 Å². The van der Waals surface area contributed by atoms with E-state index in [0.717, 1.165) is 6.92 Å². The molecular weight excluding hydrogens is 762 g/mol. The van der Waals surface area contributed by atoms with Crippen LogP contribution in [0.2, 0.25) is 0 Å². The fraction of sp³-hybridized carbons (Fsp3) is 0.444. The van der Waals surface area contributed by atoms with Crippen LogP contribution in [0.4, 0.5) is 0 Å². The van der Waals surface area contributed by atoms with E-state index in [0.29, 0.717) is 5.56 Å². The van der Waals surface area contributed by atoms with Crippen molar-refractivity contribution in [1.29, 1.82) is 0 Å². The minimum absolute atomic E-state index is 0.0540. The van der Waals surface area contributed by atoms with E-state index < -0.39 is 107 Å². The van der Waals surface area contributed by atoms with Gasteiger partial charge < -0.3 is 44.7 Å². The first-order valence-corrected chi connectivity index (χ1v) is 19.6. The monoisotopic (exact) mass is 811 g/mol. The molecule has 2 saturated carbocycles. The van der Waals surface area contributed by atoms with Crippen LogP contribution in [-0.2, 0) is 33.3 Å². The number of nitrogens with one attached hydrogen (secondary N) is 1. The van der Waals surface area contributed by atoms with Crippen molar-refractivity contribution in [3.05, 3.63) is 119 Å². The summed E-state index contributed by atoms with van der Waals surface area (Å²) in [6.45, 7) is 6.89. The van der Waals surface area contributed by atoms with Gasteiger partial charge in [0.2, 0.25) is 0 Å². The van der Waals surface area contributed by atoms with E-state index in [2.05, 4.69) is 5.32 Å². The van der Waals surface area contributed by atoms with Crippen LogP contribution in [0.25, 0.3) is 0 Å². The quantitative estimate of drug-likeness (QED) is 0.120. The molecule has 59 heavy (non-hydrogen) atoms. The van der Waals surface area contributed by atoms with Gasteiger partial charge in [-0.15, -0.1) is 0 Å². The Bertz CT molecular complexity index is 2160. The van der Waals surface area contributed by atoms with Crippen molar-refractivity contribution in [3.63, 3.8) is 0 Å². The number of carbonyl (C=O) groups is 5. The van der Waals surface area contributed by atoms with Gasteiger partial charge in [-0.05, 0) is 54.8 Å². The fourth-order valence-corrected chi connectivity index (χ4v) is 9.94. The normalized spacial score (nSPS) is 33.0. The molecule has 4 aliphatic rings. The van der Waals surface area contributed by atoms with E-state index in [1.165, 1.54) is 26.0 Å². The third-order valence-corrected chi connectivity index (χ3v) is 13.2. The highest BCUT2D eigenvalue weighted by molar-refractivity contribution is 5.95. The number of fused-ring (bicyclic) bond motifs is 5. The molecular formula is C45H49NO13. The summed E-state index contributed by atoms with van der Waals surface area (Å²) in [6, 6.07) is 23.1. The molecule has 3 aliphatic carbocycles. The van der Waals surface area contributed by atoms with Crippen molar-refractivity contribution in [1.82, 2.24) is 5.32 Å². The molecule has 0 spiro atoms. The lowest BCUT2D eigenvalue weighted by molar-refractivity contribution is -0.346. The second-order valence-corrected chi connectivity index (χ2v) is 16.8. The number of carbonyl (C=O) groups excluding carboxylic acids is 5. The average molecular weight is 812 g/mol. The topological polar surface area (TPSA) is 215 Å². The Morgan fingerprint density at radius 2 is 1.44 bits per heavy atom. The largest absolute Gasteiger partial charge is 0.456 e. The summed E-state index contributed by atoms with van der Waals surface area (Å²) in [7, 11) is 0. The third-order valence-electron chi connectivity index (χ3n) is 13.2. The number of benzene rings is 3. The molecule has 3 aromatic carbocycles. The lowest BCUT2D eigenvalue weighted by Gasteiger charge is -2.67. The SMILES string of the molecule is CC(=O)O[C@@]12COC1C[C@@H](O)[C@@]1(C)C(=O)[C@H](O)C3=C(C)[C@@H](OC(=O)[C@H](O)[C@@H](NC(=O)c4ccccc4)c4ccccc4)C[C@@](O)(C(OC(=O)c4ccccc4)C21)C3(C)C. The standard InChI is InChI=1S/C45H49NO13/c1-24-29(57-41(54)35(50)33(26-15-9-6-10-16-26)46-39(52)27-17-11-7-12-18-27)22-45(55)38(58-40(53)28-19-13-8-14-20-28)36-43(5,37(51)34(49)32(24)42(45,3)4)30(48)21-31-44(36,23-56-31)59-25(2)47/h6-20,29-31,33-36,38,48-50,55H,21-23H2,1-5H3,(H,46,52)/t29-,30+,31?,33-,34+,35+,36?,38?,43+,44-,45+/m0/s1. The molecule has 312 valence electrons. The van der Waals surface area contributed by atoms with Gasteiger partial charge in [0, 0.05) is 30.7 Å².